The number of carbonyl (C=O) groups excluding carboxylic acids is 2. The van der Waals surface area contributed by atoms with Crippen LogP contribution in [-0.2, 0) is 4.79 Å². The van der Waals surface area contributed by atoms with Gasteiger partial charge in [0.2, 0.25) is 5.91 Å². The Morgan fingerprint density at radius 2 is 2.27 bits per heavy atom. The van der Waals surface area contributed by atoms with E-state index in [1.165, 1.54) is 24.2 Å². The molecule has 2 N–H and O–H groups in total. The molecule has 5 nitrogen and oxygen atoms in total. The summed E-state index contributed by atoms with van der Waals surface area (Å²) in [4.78, 5) is 26.0. The van der Waals surface area contributed by atoms with Gasteiger partial charge in [0.1, 0.15) is 0 Å². The van der Waals surface area contributed by atoms with E-state index in [2.05, 4.69) is 22.5 Å². The van der Waals surface area contributed by atoms with Crippen molar-refractivity contribution in [3.63, 3.8) is 0 Å². The summed E-state index contributed by atoms with van der Waals surface area (Å²) in [5.74, 6) is 0.0129. The van der Waals surface area contributed by atoms with Gasteiger partial charge in [-0.05, 0) is 43.8 Å². The predicted molar refractivity (Wildman–Crippen MR) is 89.2 cm³/mol. The topological polar surface area (TPSA) is 61.4 Å². The number of hydrogen-bond donors (Lipinski definition) is 2. The molecule has 1 aliphatic heterocycles. The molecular weight excluding hydrogens is 298 g/mol. The van der Waals surface area contributed by atoms with Crippen LogP contribution in [0.3, 0.4) is 0 Å². The third kappa shape index (κ3) is 5.10. The molecule has 0 radical (unpaired) electrons. The lowest BCUT2D eigenvalue weighted by Crippen LogP contribution is -2.40. The largest absolute Gasteiger partial charge is 0.355 e. The van der Waals surface area contributed by atoms with Crippen molar-refractivity contribution < 1.29 is 9.59 Å². The molecule has 2 amide bonds. The Kier molecular flexibility index (Phi) is 6.86. The smallest absolute Gasteiger partial charge is 0.252 e. The summed E-state index contributed by atoms with van der Waals surface area (Å²) in [6.45, 7) is 5.64. The van der Waals surface area contributed by atoms with Crippen molar-refractivity contribution in [1.82, 2.24) is 15.5 Å². The van der Waals surface area contributed by atoms with E-state index < -0.39 is 0 Å². The number of nitrogens with zero attached hydrogens (tertiary/aromatic N) is 1. The Morgan fingerprint density at radius 1 is 1.41 bits per heavy atom. The molecule has 1 unspecified atom stereocenters. The molecular formula is C16H25N3O2S. The molecule has 2 rings (SSSR count). The highest BCUT2D eigenvalue weighted by Crippen LogP contribution is 2.15. The van der Waals surface area contributed by atoms with E-state index in [4.69, 9.17) is 0 Å². The van der Waals surface area contributed by atoms with Crippen molar-refractivity contribution in [3.8, 4) is 0 Å². The Morgan fingerprint density at radius 3 is 3.00 bits per heavy atom. The van der Waals surface area contributed by atoms with E-state index in [1.54, 1.807) is 6.07 Å². The first-order chi connectivity index (χ1) is 10.7. The van der Waals surface area contributed by atoms with Gasteiger partial charge in [-0.2, -0.15) is 11.3 Å². The minimum Gasteiger partial charge on any atom is -0.355 e. The predicted octanol–water partition coefficient (Wildman–Crippen LogP) is 1.86. The van der Waals surface area contributed by atoms with E-state index >= 15 is 0 Å². The number of carbonyl (C=O) groups is 2. The van der Waals surface area contributed by atoms with E-state index in [9.17, 15) is 9.59 Å². The van der Waals surface area contributed by atoms with E-state index in [1.807, 2.05) is 10.8 Å². The third-order valence-corrected chi connectivity index (χ3v) is 4.77. The maximum absolute atomic E-state index is 11.8. The fraction of sp³-hybridized carbons (Fsp3) is 0.625. The number of likely N-dealkylation sites (tertiary alicyclic amines) is 1. The SMILES string of the molecule is CCN1CCCC1CNC(=O)CCCNC(=O)c1ccsc1. The second-order valence-corrected chi connectivity index (χ2v) is 6.38. The van der Waals surface area contributed by atoms with Crippen molar-refractivity contribution in [2.75, 3.05) is 26.2 Å². The average molecular weight is 323 g/mol. The lowest BCUT2D eigenvalue weighted by Gasteiger charge is -2.22. The summed E-state index contributed by atoms with van der Waals surface area (Å²) in [6, 6.07) is 2.29. The summed E-state index contributed by atoms with van der Waals surface area (Å²) in [7, 11) is 0. The fourth-order valence-corrected chi connectivity index (χ4v) is 3.45. The number of rotatable bonds is 8. The minimum atomic E-state index is -0.0637. The summed E-state index contributed by atoms with van der Waals surface area (Å²) >= 11 is 1.50. The minimum absolute atomic E-state index is 0.0637. The van der Waals surface area contributed by atoms with Crippen LogP contribution in [0.4, 0.5) is 0 Å². The van der Waals surface area contributed by atoms with Gasteiger partial charge < -0.3 is 10.6 Å². The fourth-order valence-electron chi connectivity index (χ4n) is 2.81. The van der Waals surface area contributed by atoms with Crippen molar-refractivity contribution in [2.24, 2.45) is 0 Å². The monoisotopic (exact) mass is 323 g/mol. The van der Waals surface area contributed by atoms with Gasteiger partial charge in [0, 0.05) is 36.5 Å². The highest BCUT2D eigenvalue weighted by Gasteiger charge is 2.22. The summed E-state index contributed by atoms with van der Waals surface area (Å²) in [6.07, 6.45) is 3.53. The lowest BCUT2D eigenvalue weighted by atomic mass is 10.2. The van der Waals surface area contributed by atoms with Crippen LogP contribution in [0.1, 0.15) is 43.0 Å². The molecule has 1 atom stereocenters. The standard InChI is InChI=1S/C16H25N3O2S/c1-2-19-9-4-5-14(19)11-18-15(20)6-3-8-17-16(21)13-7-10-22-12-13/h7,10,12,14H,2-6,8-9,11H2,1H3,(H,17,21)(H,18,20). The molecule has 0 aromatic carbocycles. The Hall–Kier alpha value is -1.40. The zero-order valence-electron chi connectivity index (χ0n) is 13.1. The molecule has 0 aliphatic carbocycles. The van der Waals surface area contributed by atoms with Crippen LogP contribution in [0, 0.1) is 0 Å². The maximum atomic E-state index is 11.8. The van der Waals surface area contributed by atoms with Crippen LogP contribution in [-0.4, -0.2) is 48.9 Å². The Balaban J connectivity index is 1.55. The average Bonchev–Trinajstić information content (AvgIpc) is 3.19. The van der Waals surface area contributed by atoms with Gasteiger partial charge in [0.25, 0.3) is 5.91 Å². The summed E-state index contributed by atoms with van der Waals surface area (Å²) in [5.41, 5.74) is 0.690. The highest BCUT2D eigenvalue weighted by molar-refractivity contribution is 7.08. The molecule has 122 valence electrons. The van der Waals surface area contributed by atoms with Gasteiger partial charge >= 0.3 is 0 Å². The molecule has 0 saturated carbocycles. The normalized spacial score (nSPS) is 18.3. The molecule has 1 saturated heterocycles. The second kappa shape index (κ2) is 8.90. The van der Waals surface area contributed by atoms with Gasteiger partial charge in [-0.1, -0.05) is 6.92 Å². The maximum Gasteiger partial charge on any atom is 0.252 e. The van der Waals surface area contributed by atoms with E-state index in [0.29, 0.717) is 31.0 Å². The van der Waals surface area contributed by atoms with E-state index in [-0.39, 0.29) is 11.8 Å². The number of likely N-dealkylation sites (N-methyl/N-ethyl adjacent to an activating group) is 1. The van der Waals surface area contributed by atoms with Crippen molar-refractivity contribution in [2.45, 2.75) is 38.6 Å². The number of nitrogens with one attached hydrogen (secondary N) is 2. The van der Waals surface area contributed by atoms with Crippen LogP contribution in [0.2, 0.25) is 0 Å². The summed E-state index contributed by atoms with van der Waals surface area (Å²) < 4.78 is 0. The second-order valence-electron chi connectivity index (χ2n) is 5.60. The molecule has 1 fully saturated rings. The molecule has 0 bridgehead atoms. The molecule has 22 heavy (non-hydrogen) atoms. The van der Waals surface area contributed by atoms with Gasteiger partial charge in [-0.15, -0.1) is 0 Å². The van der Waals surface area contributed by atoms with Gasteiger partial charge in [0.15, 0.2) is 0 Å². The van der Waals surface area contributed by atoms with Crippen LogP contribution < -0.4 is 10.6 Å². The molecule has 1 aromatic rings. The number of amides is 2. The molecule has 1 aromatic heterocycles. The lowest BCUT2D eigenvalue weighted by molar-refractivity contribution is -0.121. The molecule has 1 aliphatic rings. The first-order valence-corrected chi connectivity index (χ1v) is 8.96. The zero-order valence-corrected chi connectivity index (χ0v) is 14.0. The van der Waals surface area contributed by atoms with Gasteiger partial charge in [-0.3, -0.25) is 14.5 Å². The van der Waals surface area contributed by atoms with Crippen molar-refractivity contribution >= 4 is 23.2 Å². The van der Waals surface area contributed by atoms with Crippen LogP contribution in [0.15, 0.2) is 16.8 Å². The molecule has 6 heteroatoms. The first-order valence-electron chi connectivity index (χ1n) is 8.02. The first kappa shape index (κ1) is 17.0. The molecule has 2 heterocycles. The van der Waals surface area contributed by atoms with E-state index in [0.717, 1.165) is 19.6 Å². The summed E-state index contributed by atoms with van der Waals surface area (Å²) in [5, 5.41) is 9.55. The van der Waals surface area contributed by atoms with Gasteiger partial charge in [0.05, 0.1) is 0 Å². The van der Waals surface area contributed by atoms with Crippen molar-refractivity contribution in [3.05, 3.63) is 22.4 Å². The zero-order chi connectivity index (χ0) is 15.8. The number of thiophene rings is 1. The van der Waals surface area contributed by atoms with Crippen molar-refractivity contribution in [1.29, 1.82) is 0 Å². The highest BCUT2D eigenvalue weighted by atomic mass is 32.1. The Bertz CT molecular complexity index is 476. The Labute approximate surface area is 136 Å². The molecule has 0 spiro atoms. The van der Waals surface area contributed by atoms with Gasteiger partial charge in [-0.25, -0.2) is 0 Å². The van der Waals surface area contributed by atoms with Crippen LogP contribution in [0.25, 0.3) is 0 Å². The quantitative estimate of drug-likeness (QED) is 0.718. The third-order valence-electron chi connectivity index (χ3n) is 4.09. The number of hydrogen-bond acceptors (Lipinski definition) is 4. The van der Waals surface area contributed by atoms with Crippen LogP contribution >= 0.6 is 11.3 Å². The van der Waals surface area contributed by atoms with Crippen LogP contribution in [0.5, 0.6) is 0 Å².